The fourth-order valence-corrected chi connectivity index (χ4v) is 4.32. The van der Waals surface area contributed by atoms with Crippen molar-refractivity contribution in [2.45, 2.75) is 71.0 Å². The van der Waals surface area contributed by atoms with Crippen LogP contribution < -0.4 is 20.7 Å². The number of hydrogen-bond donors (Lipinski definition) is 3. The smallest absolute Gasteiger partial charge is 0.408 e. The fraction of sp³-hybridized carbons (Fsp3) is 0.353. The summed E-state index contributed by atoms with van der Waals surface area (Å²) in [4.78, 5) is 49.7. The number of rotatable bonds is 13. The Kier molecular flexibility index (Phi) is 12.8. The molecular weight excluding hydrogens is 619 g/mol. The van der Waals surface area contributed by atoms with Gasteiger partial charge in [-0.15, -0.1) is 0 Å². The first kappa shape index (κ1) is 36.4. The molecule has 0 aromatic heterocycles. The van der Waals surface area contributed by atoms with E-state index in [4.69, 9.17) is 14.2 Å². The number of alkyl halides is 3. The third-order valence-corrected chi connectivity index (χ3v) is 6.27. The molecule has 3 aromatic rings. The van der Waals surface area contributed by atoms with Crippen molar-refractivity contribution in [1.82, 2.24) is 16.0 Å². The minimum atomic E-state index is -4.64. The molecular formula is C34H38F3N3O7. The van der Waals surface area contributed by atoms with Gasteiger partial charge >= 0.3 is 18.2 Å². The highest BCUT2D eigenvalue weighted by atomic mass is 19.4. The van der Waals surface area contributed by atoms with Crippen LogP contribution in [0.5, 0.6) is 11.5 Å². The predicted molar refractivity (Wildman–Crippen MR) is 166 cm³/mol. The van der Waals surface area contributed by atoms with Crippen LogP contribution in [0.3, 0.4) is 0 Å². The Morgan fingerprint density at radius 1 is 0.745 bits per heavy atom. The summed E-state index contributed by atoms with van der Waals surface area (Å²) in [5.41, 5.74) is 1.05. The van der Waals surface area contributed by atoms with Gasteiger partial charge in [-0.3, -0.25) is 9.59 Å². The molecule has 0 unspecified atom stereocenters. The molecule has 3 amide bonds. The Morgan fingerprint density at radius 2 is 1.30 bits per heavy atom. The summed E-state index contributed by atoms with van der Waals surface area (Å²) in [5.74, 6) is -1.31. The summed E-state index contributed by atoms with van der Waals surface area (Å²) >= 11 is 0. The molecule has 13 heteroatoms. The lowest BCUT2D eigenvalue weighted by atomic mass is 10.0. The van der Waals surface area contributed by atoms with Crippen molar-refractivity contribution in [2.75, 3.05) is 6.54 Å². The summed E-state index contributed by atoms with van der Waals surface area (Å²) in [7, 11) is 0. The molecule has 0 aliphatic heterocycles. The Hall–Kier alpha value is -5.07. The van der Waals surface area contributed by atoms with Gasteiger partial charge in [0.2, 0.25) is 11.8 Å². The zero-order valence-electron chi connectivity index (χ0n) is 26.5. The molecule has 252 valence electrons. The number of esters is 1. The third kappa shape index (κ3) is 13.8. The number of ether oxygens (including phenoxy) is 3. The molecule has 0 bridgehead atoms. The first-order valence-electron chi connectivity index (χ1n) is 14.7. The molecule has 3 N–H and O–H groups in total. The highest BCUT2D eigenvalue weighted by molar-refractivity contribution is 5.86. The number of halogens is 3. The zero-order valence-corrected chi connectivity index (χ0v) is 26.5. The van der Waals surface area contributed by atoms with Crippen molar-refractivity contribution in [3.8, 4) is 11.5 Å². The summed E-state index contributed by atoms with van der Waals surface area (Å²) in [6, 6.07) is 20.1. The second-order valence-electron chi connectivity index (χ2n) is 11.7. The predicted octanol–water partition coefficient (Wildman–Crippen LogP) is 5.38. The molecule has 47 heavy (non-hydrogen) atoms. The van der Waals surface area contributed by atoms with Crippen molar-refractivity contribution in [3.63, 3.8) is 0 Å². The monoisotopic (exact) mass is 657 g/mol. The van der Waals surface area contributed by atoms with Crippen molar-refractivity contribution in [2.24, 2.45) is 0 Å². The van der Waals surface area contributed by atoms with Crippen LogP contribution in [0, 0.1) is 0 Å². The third-order valence-electron chi connectivity index (χ3n) is 6.27. The molecule has 0 saturated carbocycles. The summed E-state index contributed by atoms with van der Waals surface area (Å²) in [6.07, 6.45) is -5.64. The lowest BCUT2D eigenvalue weighted by Gasteiger charge is -2.23. The van der Waals surface area contributed by atoms with Crippen LogP contribution in [-0.2, 0) is 43.3 Å². The Balaban J connectivity index is 1.71. The molecule has 0 radical (unpaired) electrons. The molecule has 0 fully saturated rings. The number of carbonyl (C=O) groups is 4. The largest absolute Gasteiger partial charge is 0.459 e. The van der Waals surface area contributed by atoms with E-state index in [1.807, 2.05) is 30.3 Å². The Labute approximate surface area is 271 Å². The number of hydrogen-bond acceptors (Lipinski definition) is 7. The molecule has 0 saturated heterocycles. The van der Waals surface area contributed by atoms with Gasteiger partial charge in [0.15, 0.2) is 0 Å². The molecule has 0 aliphatic carbocycles. The van der Waals surface area contributed by atoms with Gasteiger partial charge in [0.1, 0.15) is 42.3 Å². The number of amides is 3. The van der Waals surface area contributed by atoms with Gasteiger partial charge in [0, 0.05) is 19.8 Å². The van der Waals surface area contributed by atoms with E-state index in [2.05, 4.69) is 10.6 Å². The van der Waals surface area contributed by atoms with Gasteiger partial charge in [0.05, 0.1) is 0 Å². The summed E-state index contributed by atoms with van der Waals surface area (Å²) in [5, 5.41) is 6.77. The second-order valence-corrected chi connectivity index (χ2v) is 11.7. The maximum Gasteiger partial charge on any atom is 0.408 e. The topological polar surface area (TPSA) is 132 Å². The molecule has 2 atom stereocenters. The van der Waals surface area contributed by atoms with E-state index >= 15 is 0 Å². The van der Waals surface area contributed by atoms with Crippen LogP contribution in [0.4, 0.5) is 18.0 Å². The van der Waals surface area contributed by atoms with E-state index < -0.39 is 54.3 Å². The quantitative estimate of drug-likeness (QED) is 0.210. The standard InChI is InChI=1S/C34H38F3N3O7/c1-22(41)39-29(31(43)45-20-23-10-6-5-7-11-23)19-25-13-9-15-27(17-25)46-26-14-8-12-24(16-26)18-28(30(42)38-21-34(35,36)37)40-32(44)47-33(2,3)4/h5-17,28-29H,18-21H2,1-4H3,(H,38,42)(H,39,41)(H,40,44)/t28-,29-/m0/s1. The highest BCUT2D eigenvalue weighted by Crippen LogP contribution is 2.25. The number of benzene rings is 3. The Morgan fingerprint density at radius 3 is 1.83 bits per heavy atom. The minimum Gasteiger partial charge on any atom is -0.459 e. The average molecular weight is 658 g/mol. The van der Waals surface area contributed by atoms with Crippen LogP contribution in [-0.4, -0.2) is 54.3 Å². The molecule has 3 aromatic carbocycles. The van der Waals surface area contributed by atoms with Crippen LogP contribution >= 0.6 is 0 Å². The Bertz CT molecular complexity index is 1530. The molecule has 0 heterocycles. The van der Waals surface area contributed by atoms with Crippen LogP contribution in [0.1, 0.15) is 44.4 Å². The average Bonchev–Trinajstić information content (AvgIpc) is 2.97. The summed E-state index contributed by atoms with van der Waals surface area (Å²) < 4.78 is 54.9. The van der Waals surface area contributed by atoms with Gasteiger partial charge in [-0.2, -0.15) is 13.2 Å². The van der Waals surface area contributed by atoms with Gasteiger partial charge in [-0.25, -0.2) is 9.59 Å². The number of alkyl carbamates (subject to hydrolysis) is 1. The van der Waals surface area contributed by atoms with E-state index in [1.165, 1.54) is 6.92 Å². The van der Waals surface area contributed by atoms with E-state index in [9.17, 15) is 32.3 Å². The van der Waals surface area contributed by atoms with Crippen LogP contribution in [0.2, 0.25) is 0 Å². The maximum atomic E-state index is 12.8. The zero-order chi connectivity index (χ0) is 34.6. The van der Waals surface area contributed by atoms with Gasteiger partial charge in [-0.1, -0.05) is 54.6 Å². The fourth-order valence-electron chi connectivity index (χ4n) is 4.32. The molecule has 3 rings (SSSR count). The van der Waals surface area contributed by atoms with Gasteiger partial charge in [-0.05, 0) is 61.7 Å². The van der Waals surface area contributed by atoms with Crippen molar-refractivity contribution < 1.29 is 46.6 Å². The van der Waals surface area contributed by atoms with Crippen LogP contribution in [0.25, 0.3) is 0 Å². The van der Waals surface area contributed by atoms with E-state index in [0.29, 0.717) is 22.6 Å². The van der Waals surface area contributed by atoms with Crippen molar-refractivity contribution in [1.29, 1.82) is 0 Å². The van der Waals surface area contributed by atoms with E-state index in [1.54, 1.807) is 74.6 Å². The lowest BCUT2D eigenvalue weighted by Crippen LogP contribution is -2.50. The highest BCUT2D eigenvalue weighted by Gasteiger charge is 2.31. The van der Waals surface area contributed by atoms with Gasteiger partial charge < -0.3 is 30.2 Å². The molecule has 0 spiro atoms. The van der Waals surface area contributed by atoms with Crippen LogP contribution in [0.15, 0.2) is 78.9 Å². The van der Waals surface area contributed by atoms with Crippen molar-refractivity contribution >= 4 is 23.9 Å². The first-order chi connectivity index (χ1) is 22.1. The maximum absolute atomic E-state index is 12.8. The van der Waals surface area contributed by atoms with E-state index in [-0.39, 0.29) is 19.4 Å². The van der Waals surface area contributed by atoms with Crippen molar-refractivity contribution in [3.05, 3.63) is 95.6 Å². The van der Waals surface area contributed by atoms with E-state index in [0.717, 1.165) is 5.56 Å². The molecule has 0 aliphatic rings. The second kappa shape index (κ2) is 16.5. The normalized spacial score (nSPS) is 12.7. The summed E-state index contributed by atoms with van der Waals surface area (Å²) in [6.45, 7) is 4.62. The SMILES string of the molecule is CC(=O)N[C@@H](Cc1cccc(Oc2cccc(C[C@H](NC(=O)OC(C)(C)C)C(=O)NCC(F)(F)F)c2)c1)C(=O)OCc1ccccc1. The number of carbonyl (C=O) groups excluding carboxylic acids is 4. The number of nitrogens with one attached hydrogen (secondary N) is 3. The molecule has 10 nitrogen and oxygen atoms in total. The first-order valence-corrected chi connectivity index (χ1v) is 14.7. The van der Waals surface area contributed by atoms with Gasteiger partial charge in [0.25, 0.3) is 0 Å². The lowest BCUT2D eigenvalue weighted by molar-refractivity contribution is -0.149. The minimum absolute atomic E-state index is 0.0490.